The summed E-state index contributed by atoms with van der Waals surface area (Å²) in [6.45, 7) is 18.9. The van der Waals surface area contributed by atoms with Crippen LogP contribution in [-0.2, 0) is 110 Å². The van der Waals surface area contributed by atoms with Crippen molar-refractivity contribution in [3.05, 3.63) is 126 Å². The summed E-state index contributed by atoms with van der Waals surface area (Å²) >= 11 is 0. The first-order valence-corrected chi connectivity index (χ1v) is 24.2. The molecule has 2 heterocycles. The number of carbonyl (C=O) groups is 6. The Hall–Kier alpha value is -7.56. The molecule has 0 aliphatic heterocycles. The van der Waals surface area contributed by atoms with E-state index in [-0.39, 0.29) is 85.3 Å². The van der Waals surface area contributed by atoms with Crippen LogP contribution in [0, 0.1) is 0 Å². The smallest absolute Gasteiger partial charge is 0.464 e. The third kappa shape index (κ3) is 20.8. The third-order valence-electron chi connectivity index (χ3n) is 9.18. The maximum absolute atomic E-state index is 13.0. The van der Waals surface area contributed by atoms with E-state index in [2.05, 4.69) is 32.9 Å². The van der Waals surface area contributed by atoms with Gasteiger partial charge in [-0.1, -0.05) is 32.9 Å². The SMILES string of the molecule is C=CC(=O)OCCn1c(=O)n(CCOC(=O)C=C)c(=O)n(CCOC(=O)C=C)c1=O.C=CC(=O)OCCn1c(=O)n(CCOC(=O)C=C)c(=O)n(CCOC(=O)CCCC[Si](OCC)(OCC)OCC)c1=O. The van der Waals surface area contributed by atoms with E-state index in [9.17, 15) is 57.5 Å². The van der Waals surface area contributed by atoms with Crippen molar-refractivity contribution in [3.63, 3.8) is 0 Å². The van der Waals surface area contributed by atoms with Gasteiger partial charge in [-0.2, -0.15) is 0 Å². The van der Waals surface area contributed by atoms with Crippen molar-refractivity contribution in [2.45, 2.75) is 85.3 Å². The van der Waals surface area contributed by atoms with Crippen molar-refractivity contribution >= 4 is 44.6 Å². The molecule has 0 amide bonds. The normalized spacial score (nSPS) is 10.7. The lowest BCUT2D eigenvalue weighted by atomic mass is 10.2. The molecule has 0 N–H and O–H groups in total. The summed E-state index contributed by atoms with van der Waals surface area (Å²) in [4.78, 5) is 145. The summed E-state index contributed by atoms with van der Waals surface area (Å²) < 4.78 is 50.7. The Bertz CT molecular complexity index is 2360. The van der Waals surface area contributed by atoms with Gasteiger partial charge in [0.25, 0.3) is 0 Å². The molecule has 0 saturated carbocycles. The summed E-state index contributed by atoms with van der Waals surface area (Å²) in [7, 11) is -2.82. The highest BCUT2D eigenvalue weighted by Gasteiger charge is 2.39. The second-order valence-electron chi connectivity index (χ2n) is 13.9. The summed E-state index contributed by atoms with van der Waals surface area (Å²) in [5.74, 6) is -4.35. The topological polar surface area (TPSA) is 317 Å². The molecule has 0 radical (unpaired) electrons. The molecule has 0 bridgehead atoms. The fourth-order valence-electron chi connectivity index (χ4n) is 5.93. The van der Waals surface area contributed by atoms with Gasteiger partial charge in [-0.05, 0) is 33.6 Å². The third-order valence-corrected chi connectivity index (χ3v) is 12.3. The lowest BCUT2D eigenvalue weighted by Crippen LogP contribution is -2.55. The molecule has 27 nitrogen and oxygen atoms in total. The van der Waals surface area contributed by atoms with Gasteiger partial charge in [-0.25, -0.2) is 80.1 Å². The van der Waals surface area contributed by atoms with Crippen LogP contribution in [0.2, 0.25) is 6.04 Å². The molecule has 398 valence electrons. The maximum atomic E-state index is 13.0. The number of unbranched alkanes of at least 4 members (excludes halogenated alkanes) is 1. The highest BCUT2D eigenvalue weighted by Crippen LogP contribution is 2.20. The highest BCUT2D eigenvalue weighted by molar-refractivity contribution is 6.60. The van der Waals surface area contributed by atoms with E-state index in [1.807, 2.05) is 20.8 Å². The molecule has 72 heavy (non-hydrogen) atoms. The average Bonchev–Trinajstić information content (AvgIpc) is 3.36. The number of ether oxygens (including phenoxy) is 6. The molecule has 2 aromatic heterocycles. The van der Waals surface area contributed by atoms with Crippen LogP contribution in [0.5, 0.6) is 0 Å². The molecule has 0 fully saturated rings. The Labute approximate surface area is 412 Å². The summed E-state index contributed by atoms with van der Waals surface area (Å²) in [5, 5.41) is 0. The van der Waals surface area contributed by atoms with Gasteiger partial charge >= 0.3 is 78.8 Å². The standard InChI is InChI=1S/C26H41N3O12Si.C18H21N3O9/c1-6-21(30)36-17-14-27-24(33)28(15-18-37-22(31)7-2)26(35)29(25(27)34)16-19-38-23(32)13-11-12-20-42(39-8-3,40-9-4)41-10-5;1-4-13(22)28-10-7-19-16(25)20(8-11-29-14(23)5-2)18(27)21(17(19)26)9-12-30-15(24)6-3/h6-7H,1-2,8-20H2,3-5H3;4-6H,1-3,7-12H2. The fraction of sp³-hybridized carbons (Fsp3) is 0.500. The van der Waals surface area contributed by atoms with Gasteiger partial charge in [0.15, 0.2) is 0 Å². The van der Waals surface area contributed by atoms with Gasteiger partial charge in [0.1, 0.15) is 39.6 Å². The van der Waals surface area contributed by atoms with Crippen LogP contribution in [0.15, 0.2) is 92.0 Å². The van der Waals surface area contributed by atoms with Crippen molar-refractivity contribution < 1.29 is 70.5 Å². The van der Waals surface area contributed by atoms with Crippen LogP contribution in [0.4, 0.5) is 0 Å². The number of hydrogen-bond donors (Lipinski definition) is 0. The predicted molar refractivity (Wildman–Crippen MR) is 254 cm³/mol. The largest absolute Gasteiger partial charge is 0.500 e. The number of hydrogen-bond acceptors (Lipinski definition) is 21. The van der Waals surface area contributed by atoms with Crippen molar-refractivity contribution in [2.75, 3.05) is 59.5 Å². The number of esters is 6. The molecule has 0 unspecified atom stereocenters. The molecule has 2 aromatic rings. The molecular formula is C44H62N6O21Si. The number of aromatic nitrogens is 6. The lowest BCUT2D eigenvalue weighted by molar-refractivity contribution is -0.144. The summed E-state index contributed by atoms with van der Waals surface area (Å²) in [5.41, 5.74) is -5.94. The minimum absolute atomic E-state index is 0.0802. The Balaban J connectivity index is 0.000000761. The number of carbonyl (C=O) groups excluding carboxylic acids is 6. The monoisotopic (exact) mass is 1040 g/mol. The zero-order chi connectivity index (χ0) is 54.2. The fourth-order valence-corrected chi connectivity index (χ4v) is 8.62. The van der Waals surface area contributed by atoms with Gasteiger partial charge in [0.05, 0.1) is 39.3 Å². The molecule has 0 aliphatic carbocycles. The van der Waals surface area contributed by atoms with Crippen molar-refractivity contribution in [2.24, 2.45) is 0 Å². The van der Waals surface area contributed by atoms with Crippen LogP contribution in [0.25, 0.3) is 0 Å². The predicted octanol–water partition coefficient (Wildman–Crippen LogP) is -1.25. The maximum Gasteiger partial charge on any atom is 0.500 e. The Morgan fingerprint density at radius 2 is 0.611 bits per heavy atom. The van der Waals surface area contributed by atoms with E-state index >= 15 is 0 Å². The van der Waals surface area contributed by atoms with E-state index in [0.29, 0.717) is 66.1 Å². The number of rotatable bonds is 34. The second-order valence-corrected chi connectivity index (χ2v) is 16.6. The van der Waals surface area contributed by atoms with Crippen LogP contribution >= 0.6 is 0 Å². The Kier molecular flexibility index (Phi) is 29.4. The van der Waals surface area contributed by atoms with Gasteiger partial charge in [-0.15, -0.1) is 0 Å². The van der Waals surface area contributed by atoms with E-state index in [1.165, 1.54) is 0 Å². The summed E-state index contributed by atoms with van der Waals surface area (Å²) in [6, 6.07) is 0.538. The van der Waals surface area contributed by atoms with Crippen molar-refractivity contribution in [3.8, 4) is 0 Å². The minimum atomic E-state index is -2.82. The van der Waals surface area contributed by atoms with Gasteiger partial charge in [-0.3, -0.25) is 4.79 Å². The molecule has 0 aliphatic rings. The van der Waals surface area contributed by atoms with Gasteiger partial charge in [0.2, 0.25) is 0 Å². The van der Waals surface area contributed by atoms with E-state index < -0.39 is 78.8 Å². The average molecular weight is 1040 g/mol. The van der Waals surface area contributed by atoms with Crippen molar-refractivity contribution in [1.82, 2.24) is 27.4 Å². The van der Waals surface area contributed by atoms with E-state index in [1.54, 1.807) is 0 Å². The van der Waals surface area contributed by atoms with E-state index in [0.717, 1.165) is 30.4 Å². The molecule has 0 atom stereocenters. The molecule has 0 aromatic carbocycles. The minimum Gasteiger partial charge on any atom is -0.464 e. The van der Waals surface area contributed by atoms with Crippen LogP contribution in [-0.4, -0.2) is 131 Å². The van der Waals surface area contributed by atoms with Crippen LogP contribution in [0.1, 0.15) is 40.0 Å². The van der Waals surface area contributed by atoms with Crippen LogP contribution in [0.3, 0.4) is 0 Å². The molecule has 2 rings (SSSR count). The Morgan fingerprint density at radius 3 is 0.819 bits per heavy atom. The van der Waals surface area contributed by atoms with Crippen LogP contribution < -0.4 is 34.1 Å². The summed E-state index contributed by atoms with van der Waals surface area (Å²) in [6.07, 6.45) is 5.71. The van der Waals surface area contributed by atoms with Gasteiger partial charge < -0.3 is 41.7 Å². The first-order chi connectivity index (χ1) is 34.3. The number of nitrogens with zero attached hydrogens (tertiary/aromatic N) is 6. The molecule has 0 saturated heterocycles. The Morgan fingerprint density at radius 1 is 0.389 bits per heavy atom. The van der Waals surface area contributed by atoms with Crippen molar-refractivity contribution in [1.29, 1.82) is 0 Å². The first kappa shape index (κ1) is 62.5. The zero-order valence-electron chi connectivity index (χ0n) is 40.6. The molecule has 0 spiro atoms. The second kappa shape index (κ2) is 33.9. The zero-order valence-corrected chi connectivity index (χ0v) is 41.6. The molecule has 28 heteroatoms. The first-order valence-electron chi connectivity index (χ1n) is 22.3. The van der Waals surface area contributed by atoms with E-state index in [4.69, 9.17) is 41.7 Å². The molecular weight excluding hydrogens is 977 g/mol. The quantitative estimate of drug-likeness (QED) is 0.0260. The lowest BCUT2D eigenvalue weighted by Gasteiger charge is -2.28. The highest BCUT2D eigenvalue weighted by atomic mass is 28.4. The van der Waals surface area contributed by atoms with Gasteiger partial charge in [0, 0.05) is 62.7 Å².